The number of fused-ring (bicyclic) bond motifs is 1. The van der Waals surface area contributed by atoms with E-state index in [4.69, 9.17) is 10.8 Å². The Morgan fingerprint density at radius 1 is 1.09 bits per heavy atom. The maximum Gasteiger partial charge on any atom is 0.303 e. The molecule has 5 rings (SSSR count). The van der Waals surface area contributed by atoms with Crippen LogP contribution < -0.4 is 16.6 Å². The summed E-state index contributed by atoms with van der Waals surface area (Å²) in [5, 5.41) is 18.2. The first-order valence-corrected chi connectivity index (χ1v) is 14.8. The highest BCUT2D eigenvalue weighted by molar-refractivity contribution is 5.89. The Bertz CT molecular complexity index is 1930. The molecule has 5 aromatic rings. The molecular formula is C35H38N6O4. The summed E-state index contributed by atoms with van der Waals surface area (Å²) in [5.74, 6) is -0.961. The molecule has 0 aliphatic heterocycles. The molecule has 2 atom stereocenters. The molecule has 2 aromatic heterocycles. The zero-order chi connectivity index (χ0) is 32.2. The second kappa shape index (κ2) is 13.1. The molecule has 0 bridgehead atoms. The minimum Gasteiger partial charge on any atom is -0.481 e. The van der Waals surface area contributed by atoms with Gasteiger partial charge in [-0.2, -0.15) is 5.10 Å². The van der Waals surface area contributed by atoms with E-state index in [1.54, 1.807) is 35.1 Å². The molecule has 1 unspecified atom stereocenters. The lowest BCUT2D eigenvalue weighted by molar-refractivity contribution is -0.137. The number of carbonyl (C=O) groups is 2. The lowest BCUT2D eigenvalue weighted by atomic mass is 9.90. The topological polar surface area (TPSA) is 146 Å². The molecule has 1 amide bonds. The van der Waals surface area contributed by atoms with Gasteiger partial charge in [0.25, 0.3) is 5.56 Å². The first-order valence-electron chi connectivity index (χ1n) is 14.8. The van der Waals surface area contributed by atoms with E-state index in [1.165, 1.54) is 0 Å². The third-order valence-corrected chi connectivity index (χ3v) is 8.29. The summed E-state index contributed by atoms with van der Waals surface area (Å²) >= 11 is 0. The number of anilines is 2. The van der Waals surface area contributed by atoms with E-state index in [-0.39, 0.29) is 23.8 Å². The second-order valence-corrected chi connectivity index (χ2v) is 11.6. The molecule has 45 heavy (non-hydrogen) atoms. The van der Waals surface area contributed by atoms with E-state index in [0.717, 1.165) is 38.9 Å². The average Bonchev–Trinajstić information content (AvgIpc) is 3.44. The first-order chi connectivity index (χ1) is 21.5. The summed E-state index contributed by atoms with van der Waals surface area (Å²) in [5.41, 5.74) is 12.7. The van der Waals surface area contributed by atoms with Crippen molar-refractivity contribution in [2.45, 2.75) is 45.2 Å². The number of hydrogen-bond donors (Lipinski definition) is 4. The zero-order valence-electron chi connectivity index (χ0n) is 25.9. The van der Waals surface area contributed by atoms with E-state index in [2.05, 4.69) is 15.4 Å². The highest BCUT2D eigenvalue weighted by Gasteiger charge is 2.26. The third-order valence-electron chi connectivity index (χ3n) is 8.29. The van der Waals surface area contributed by atoms with Gasteiger partial charge in [0.15, 0.2) is 0 Å². The number of aromatic amines is 1. The molecule has 0 saturated heterocycles. The van der Waals surface area contributed by atoms with Gasteiger partial charge in [-0.1, -0.05) is 37.3 Å². The number of carbonyl (C=O) groups excluding carboxylic acids is 1. The number of aliphatic carboxylic acids is 1. The summed E-state index contributed by atoms with van der Waals surface area (Å²) < 4.78 is 1.78. The number of nitrogen functional groups attached to an aromatic ring is 1. The normalized spacial score (nSPS) is 12.5. The predicted molar refractivity (Wildman–Crippen MR) is 177 cm³/mol. The van der Waals surface area contributed by atoms with Gasteiger partial charge < -0.3 is 26.0 Å². The molecule has 10 heteroatoms. The zero-order valence-corrected chi connectivity index (χ0v) is 25.9. The van der Waals surface area contributed by atoms with Crippen molar-refractivity contribution in [3.8, 4) is 11.3 Å². The Morgan fingerprint density at radius 2 is 1.89 bits per heavy atom. The molecule has 3 aromatic carbocycles. The molecule has 0 spiro atoms. The Kier molecular flexibility index (Phi) is 9.03. The predicted octanol–water partition coefficient (Wildman–Crippen LogP) is 5.60. The SMILES string of the molecule is Cc1cc(C(Nc2ccc3cc[nH]c(=O)c3c2)C(=O)N(C)Cc2cc(N)ccc2-c2ccnn2C)ccc1[C@@H](C)CCC(=O)O. The van der Waals surface area contributed by atoms with Crippen LogP contribution in [0.15, 0.2) is 83.9 Å². The van der Waals surface area contributed by atoms with Gasteiger partial charge in [0.1, 0.15) is 6.04 Å². The van der Waals surface area contributed by atoms with Gasteiger partial charge in [0, 0.05) is 61.8 Å². The number of carboxylic acid groups (broad SMARTS) is 1. The van der Waals surface area contributed by atoms with Crippen LogP contribution >= 0.6 is 0 Å². The maximum atomic E-state index is 14.3. The number of likely N-dealkylation sites (N-methyl/N-ethyl adjacent to an activating group) is 1. The van der Waals surface area contributed by atoms with Gasteiger partial charge in [-0.05, 0) is 83.3 Å². The van der Waals surface area contributed by atoms with Crippen molar-refractivity contribution in [1.82, 2.24) is 19.7 Å². The van der Waals surface area contributed by atoms with Gasteiger partial charge in [-0.3, -0.25) is 19.1 Å². The summed E-state index contributed by atoms with van der Waals surface area (Å²) in [6.45, 7) is 4.28. The number of amides is 1. The summed E-state index contributed by atoms with van der Waals surface area (Å²) in [6.07, 6.45) is 3.94. The number of carboxylic acids is 1. The fraction of sp³-hybridized carbons (Fsp3) is 0.257. The van der Waals surface area contributed by atoms with Crippen LogP contribution in [0.4, 0.5) is 11.4 Å². The largest absolute Gasteiger partial charge is 0.481 e. The minimum absolute atomic E-state index is 0.0427. The number of nitrogens with one attached hydrogen (secondary N) is 2. The highest BCUT2D eigenvalue weighted by atomic mass is 16.4. The van der Waals surface area contributed by atoms with Crippen molar-refractivity contribution in [3.05, 3.63) is 112 Å². The molecule has 0 aliphatic carbocycles. The minimum atomic E-state index is -0.824. The molecular weight excluding hydrogens is 568 g/mol. The van der Waals surface area contributed by atoms with Gasteiger partial charge >= 0.3 is 5.97 Å². The number of aromatic nitrogens is 3. The molecule has 5 N–H and O–H groups in total. The van der Waals surface area contributed by atoms with Crippen molar-refractivity contribution in [2.24, 2.45) is 7.05 Å². The van der Waals surface area contributed by atoms with Crippen molar-refractivity contribution in [3.63, 3.8) is 0 Å². The van der Waals surface area contributed by atoms with Gasteiger partial charge in [0.05, 0.1) is 5.69 Å². The number of pyridine rings is 1. The fourth-order valence-electron chi connectivity index (χ4n) is 5.84. The van der Waals surface area contributed by atoms with Crippen LogP contribution in [-0.4, -0.2) is 43.7 Å². The lowest BCUT2D eigenvalue weighted by Crippen LogP contribution is -2.35. The fourth-order valence-corrected chi connectivity index (χ4v) is 5.84. The highest BCUT2D eigenvalue weighted by Crippen LogP contribution is 2.31. The molecule has 10 nitrogen and oxygen atoms in total. The second-order valence-electron chi connectivity index (χ2n) is 11.6. The van der Waals surface area contributed by atoms with Crippen LogP contribution in [0.5, 0.6) is 0 Å². The maximum absolute atomic E-state index is 14.3. The van der Waals surface area contributed by atoms with Crippen molar-refractivity contribution < 1.29 is 14.7 Å². The molecule has 0 fully saturated rings. The van der Waals surface area contributed by atoms with Crippen LogP contribution in [0, 0.1) is 6.92 Å². The van der Waals surface area contributed by atoms with Crippen molar-refractivity contribution in [1.29, 1.82) is 0 Å². The lowest BCUT2D eigenvalue weighted by Gasteiger charge is -2.27. The van der Waals surface area contributed by atoms with Crippen molar-refractivity contribution >= 4 is 34.0 Å². The number of benzene rings is 3. The first kappa shape index (κ1) is 31.1. The van der Waals surface area contributed by atoms with Crippen LogP contribution in [0.2, 0.25) is 0 Å². The van der Waals surface area contributed by atoms with Gasteiger partial charge in [-0.25, -0.2) is 0 Å². The van der Waals surface area contributed by atoms with E-state index < -0.39 is 12.0 Å². The summed E-state index contributed by atoms with van der Waals surface area (Å²) in [7, 11) is 3.63. The Balaban J connectivity index is 1.50. The number of aryl methyl sites for hydroxylation is 2. The molecule has 0 radical (unpaired) electrons. The van der Waals surface area contributed by atoms with E-state index in [9.17, 15) is 14.4 Å². The number of hydrogen-bond acceptors (Lipinski definition) is 6. The number of rotatable bonds is 11. The van der Waals surface area contributed by atoms with Crippen LogP contribution in [0.3, 0.4) is 0 Å². The van der Waals surface area contributed by atoms with Gasteiger partial charge in [0.2, 0.25) is 5.91 Å². The standard InChI is InChI=1S/C35H38N6O4/c1-21(5-12-32(42)43)28-10-7-24(17-22(28)2)33(39-27-9-6-23-13-15-37-34(44)30(23)19-27)35(45)40(3)20-25-18-26(36)8-11-29(25)31-14-16-38-41(31)4/h6-11,13-19,21,33,39H,5,12,20,36H2,1-4H3,(H,37,44)(H,42,43)/t21-,33?/m0/s1. The summed E-state index contributed by atoms with van der Waals surface area (Å²) in [4.78, 5) is 42.4. The average molecular weight is 607 g/mol. The molecule has 2 heterocycles. The van der Waals surface area contributed by atoms with Crippen LogP contribution in [0.25, 0.3) is 22.0 Å². The number of nitrogens with zero attached hydrogens (tertiary/aromatic N) is 3. The Morgan fingerprint density at radius 3 is 2.60 bits per heavy atom. The molecule has 0 saturated carbocycles. The van der Waals surface area contributed by atoms with Crippen LogP contribution in [0.1, 0.15) is 54.0 Å². The Labute approximate surface area is 261 Å². The molecule has 232 valence electrons. The van der Waals surface area contributed by atoms with Gasteiger partial charge in [-0.15, -0.1) is 0 Å². The summed E-state index contributed by atoms with van der Waals surface area (Å²) in [6, 6.07) is 19.9. The van der Waals surface area contributed by atoms with Crippen molar-refractivity contribution in [2.75, 3.05) is 18.1 Å². The molecule has 0 aliphatic rings. The van der Waals surface area contributed by atoms with E-state index in [1.807, 2.05) is 81.6 Å². The van der Waals surface area contributed by atoms with Crippen LogP contribution in [-0.2, 0) is 23.2 Å². The number of H-pyrrole nitrogens is 1. The third kappa shape index (κ3) is 6.90. The van der Waals surface area contributed by atoms with E-state index >= 15 is 0 Å². The monoisotopic (exact) mass is 606 g/mol. The quantitative estimate of drug-likeness (QED) is 0.143. The smallest absolute Gasteiger partial charge is 0.303 e. The Hall–Kier alpha value is -5.38. The number of nitrogens with two attached hydrogens (primary N) is 1. The van der Waals surface area contributed by atoms with E-state index in [0.29, 0.717) is 29.7 Å².